The van der Waals surface area contributed by atoms with Crippen LogP contribution in [0.25, 0.3) is 0 Å². The van der Waals surface area contributed by atoms with Gasteiger partial charge in [0.05, 0.1) is 44.4 Å². The van der Waals surface area contributed by atoms with Crippen LogP contribution in [0.15, 0.2) is 42.7 Å². The molecule has 8 heteroatoms. The number of halogens is 1. The first kappa shape index (κ1) is 18.7. The number of amides is 1. The van der Waals surface area contributed by atoms with Gasteiger partial charge in [-0.2, -0.15) is 5.26 Å². The average molecular weight is 369 g/mol. The van der Waals surface area contributed by atoms with Gasteiger partial charge >= 0.3 is 0 Å². The maximum Gasteiger partial charge on any atom is 0.282 e. The molecule has 1 aliphatic heterocycles. The Hall–Kier alpha value is -3.05. The quantitative estimate of drug-likeness (QED) is 0.791. The number of nitrogens with zero attached hydrogens (tertiary/aromatic N) is 5. The molecule has 0 unspecified atom stereocenters. The third-order valence-electron chi connectivity index (χ3n) is 4.60. The highest BCUT2D eigenvalue weighted by molar-refractivity contribution is 5.94. The third kappa shape index (κ3) is 4.77. The zero-order chi connectivity index (χ0) is 19.1. The second kappa shape index (κ2) is 9.05. The van der Waals surface area contributed by atoms with Crippen LogP contribution in [0, 0.1) is 17.1 Å². The fourth-order valence-electron chi connectivity index (χ4n) is 3.18. The smallest absolute Gasteiger partial charge is 0.282 e. The minimum atomic E-state index is -0.454. The van der Waals surface area contributed by atoms with Crippen molar-refractivity contribution in [1.82, 2.24) is 9.97 Å². The molecule has 7 nitrogen and oxygen atoms in total. The van der Waals surface area contributed by atoms with Crippen molar-refractivity contribution in [3.63, 3.8) is 0 Å². The van der Waals surface area contributed by atoms with Crippen molar-refractivity contribution in [3.8, 4) is 6.07 Å². The van der Waals surface area contributed by atoms with Crippen LogP contribution in [-0.2, 0) is 4.79 Å². The molecule has 1 aromatic carbocycles. The number of rotatable bonds is 6. The Labute approximate surface area is 157 Å². The van der Waals surface area contributed by atoms with Gasteiger partial charge < -0.3 is 14.7 Å². The lowest BCUT2D eigenvalue weighted by molar-refractivity contribution is -0.892. The SMILES string of the molecule is N#CCCN(C(=O)C[NH+]1CCN(c2ncccn2)CC1)c1ccccc1F. The first-order valence-electron chi connectivity index (χ1n) is 8.96. The van der Waals surface area contributed by atoms with E-state index in [4.69, 9.17) is 5.26 Å². The van der Waals surface area contributed by atoms with Gasteiger partial charge in [-0.05, 0) is 18.2 Å². The summed E-state index contributed by atoms with van der Waals surface area (Å²) in [6.45, 7) is 3.51. The Morgan fingerprint density at radius 2 is 1.93 bits per heavy atom. The normalized spacial score (nSPS) is 14.6. The van der Waals surface area contributed by atoms with Gasteiger partial charge in [-0.3, -0.25) is 4.79 Å². The van der Waals surface area contributed by atoms with Gasteiger partial charge in [0.25, 0.3) is 5.91 Å². The Kier molecular flexibility index (Phi) is 6.28. The molecule has 1 amide bonds. The van der Waals surface area contributed by atoms with E-state index in [0.29, 0.717) is 5.95 Å². The van der Waals surface area contributed by atoms with Crippen LogP contribution in [0.3, 0.4) is 0 Å². The number of para-hydroxylation sites is 1. The number of aromatic nitrogens is 2. The Morgan fingerprint density at radius 1 is 1.22 bits per heavy atom. The van der Waals surface area contributed by atoms with E-state index >= 15 is 0 Å². The van der Waals surface area contributed by atoms with E-state index in [2.05, 4.69) is 14.9 Å². The zero-order valence-corrected chi connectivity index (χ0v) is 15.0. The number of carbonyl (C=O) groups excluding carboxylic acids is 1. The summed E-state index contributed by atoms with van der Waals surface area (Å²) in [4.78, 5) is 25.9. The molecule has 2 heterocycles. The third-order valence-corrected chi connectivity index (χ3v) is 4.60. The molecule has 0 spiro atoms. The van der Waals surface area contributed by atoms with E-state index in [9.17, 15) is 9.18 Å². The maximum atomic E-state index is 14.1. The molecule has 1 saturated heterocycles. The Balaban J connectivity index is 1.61. The molecule has 0 bridgehead atoms. The number of anilines is 2. The molecule has 140 valence electrons. The average Bonchev–Trinajstić information content (AvgIpc) is 2.71. The predicted molar refractivity (Wildman–Crippen MR) is 98.8 cm³/mol. The zero-order valence-electron chi connectivity index (χ0n) is 15.0. The Bertz CT molecular complexity index is 801. The topological polar surface area (TPSA) is 77.6 Å². The summed E-state index contributed by atoms with van der Waals surface area (Å²) >= 11 is 0. The molecule has 1 fully saturated rings. The summed E-state index contributed by atoms with van der Waals surface area (Å²) < 4.78 is 14.1. The van der Waals surface area contributed by atoms with E-state index in [1.807, 2.05) is 6.07 Å². The highest BCUT2D eigenvalue weighted by atomic mass is 19.1. The van der Waals surface area contributed by atoms with Crippen molar-refractivity contribution in [2.24, 2.45) is 0 Å². The molecule has 1 N–H and O–H groups in total. The van der Waals surface area contributed by atoms with Crippen molar-refractivity contribution in [3.05, 3.63) is 48.5 Å². The molecule has 0 radical (unpaired) electrons. The highest BCUT2D eigenvalue weighted by Gasteiger charge is 2.27. The van der Waals surface area contributed by atoms with Crippen LogP contribution >= 0.6 is 0 Å². The first-order valence-corrected chi connectivity index (χ1v) is 8.96. The molecular formula is C19H22FN6O+. The lowest BCUT2D eigenvalue weighted by Crippen LogP contribution is -3.16. The molecule has 0 saturated carbocycles. The van der Waals surface area contributed by atoms with Crippen LogP contribution in [-0.4, -0.2) is 55.1 Å². The second-order valence-corrected chi connectivity index (χ2v) is 6.37. The van der Waals surface area contributed by atoms with Gasteiger partial charge in [0.15, 0.2) is 6.54 Å². The molecule has 0 aliphatic carbocycles. The lowest BCUT2D eigenvalue weighted by atomic mass is 10.2. The number of nitriles is 1. The summed E-state index contributed by atoms with van der Waals surface area (Å²) in [6, 6.07) is 9.98. The van der Waals surface area contributed by atoms with Gasteiger partial charge in [0, 0.05) is 18.9 Å². The second-order valence-electron chi connectivity index (χ2n) is 6.37. The number of benzene rings is 1. The molecule has 0 atom stereocenters. The van der Waals surface area contributed by atoms with E-state index in [1.54, 1.807) is 36.7 Å². The predicted octanol–water partition coefficient (Wildman–Crippen LogP) is 0.267. The van der Waals surface area contributed by atoms with E-state index in [-0.39, 0.29) is 31.1 Å². The van der Waals surface area contributed by atoms with Crippen LogP contribution in [0.4, 0.5) is 16.0 Å². The summed E-state index contributed by atoms with van der Waals surface area (Å²) in [6.07, 6.45) is 3.59. The van der Waals surface area contributed by atoms with Crippen LogP contribution < -0.4 is 14.7 Å². The number of piperazine rings is 1. The van der Waals surface area contributed by atoms with Crippen LogP contribution in [0.2, 0.25) is 0 Å². The number of hydrogen-bond acceptors (Lipinski definition) is 5. The van der Waals surface area contributed by atoms with E-state index in [1.165, 1.54) is 11.0 Å². The van der Waals surface area contributed by atoms with Gasteiger partial charge in [0.2, 0.25) is 5.95 Å². The fraction of sp³-hybridized carbons (Fsp3) is 0.368. The van der Waals surface area contributed by atoms with Crippen molar-refractivity contribution in [2.75, 3.05) is 49.1 Å². The van der Waals surface area contributed by atoms with Gasteiger partial charge in [-0.15, -0.1) is 0 Å². The fourth-order valence-corrected chi connectivity index (χ4v) is 3.18. The monoisotopic (exact) mass is 369 g/mol. The maximum absolute atomic E-state index is 14.1. The van der Waals surface area contributed by atoms with Gasteiger partial charge in [-0.25, -0.2) is 14.4 Å². The number of carbonyl (C=O) groups is 1. The first-order chi connectivity index (χ1) is 13.2. The van der Waals surface area contributed by atoms with Gasteiger partial charge in [-0.1, -0.05) is 12.1 Å². The summed E-state index contributed by atoms with van der Waals surface area (Å²) in [7, 11) is 0. The number of hydrogen-bond donors (Lipinski definition) is 1. The minimum Gasteiger partial charge on any atom is -0.330 e. The molecule has 1 aromatic heterocycles. The molecule has 27 heavy (non-hydrogen) atoms. The Morgan fingerprint density at radius 3 is 2.59 bits per heavy atom. The molecule has 1 aliphatic rings. The molecule has 3 rings (SSSR count). The molecular weight excluding hydrogens is 347 g/mol. The largest absolute Gasteiger partial charge is 0.330 e. The standard InChI is InChI=1S/C19H21FN6O/c20-16-5-1-2-6-17(16)26(10-3-7-21)18(27)15-24-11-13-25(14-12-24)19-22-8-4-9-23-19/h1-2,4-6,8-9H,3,10-15H2/p+1. The van der Waals surface area contributed by atoms with E-state index < -0.39 is 5.82 Å². The summed E-state index contributed by atoms with van der Waals surface area (Å²) in [5.41, 5.74) is 0.230. The van der Waals surface area contributed by atoms with Crippen LogP contribution in [0.1, 0.15) is 6.42 Å². The van der Waals surface area contributed by atoms with E-state index in [0.717, 1.165) is 31.1 Å². The number of quaternary nitrogens is 1. The number of nitrogens with one attached hydrogen (secondary N) is 1. The van der Waals surface area contributed by atoms with Crippen molar-refractivity contribution < 1.29 is 14.1 Å². The van der Waals surface area contributed by atoms with Gasteiger partial charge in [0.1, 0.15) is 5.82 Å². The van der Waals surface area contributed by atoms with Crippen molar-refractivity contribution in [2.45, 2.75) is 6.42 Å². The van der Waals surface area contributed by atoms with Crippen molar-refractivity contribution in [1.29, 1.82) is 5.26 Å². The summed E-state index contributed by atoms with van der Waals surface area (Å²) in [5.74, 6) is 0.0736. The molecule has 2 aromatic rings. The van der Waals surface area contributed by atoms with Crippen molar-refractivity contribution >= 4 is 17.5 Å². The summed E-state index contributed by atoms with van der Waals surface area (Å²) in [5, 5.41) is 8.87. The lowest BCUT2D eigenvalue weighted by Gasteiger charge is -2.33. The van der Waals surface area contributed by atoms with Crippen LogP contribution in [0.5, 0.6) is 0 Å². The highest BCUT2D eigenvalue weighted by Crippen LogP contribution is 2.18. The minimum absolute atomic E-state index is 0.161.